The molecule has 0 bridgehead atoms. The number of allylic oxidation sites excluding steroid dienone is 1. The summed E-state index contributed by atoms with van der Waals surface area (Å²) in [5.41, 5.74) is 1.39. The molecule has 1 saturated heterocycles. The van der Waals surface area contributed by atoms with Gasteiger partial charge in [0.25, 0.3) is 0 Å². The normalized spacial score (nSPS) is 22.6. The van der Waals surface area contributed by atoms with Gasteiger partial charge in [0.1, 0.15) is 0 Å². The lowest BCUT2D eigenvalue weighted by atomic mass is 9.91. The van der Waals surface area contributed by atoms with E-state index >= 15 is 0 Å². The van der Waals surface area contributed by atoms with Crippen LogP contribution in [0, 0.1) is 11.3 Å². The summed E-state index contributed by atoms with van der Waals surface area (Å²) >= 11 is 0. The fraction of sp³-hybridized carbons (Fsp3) is 0.750. The standard InChI is InChI=1S/C16H26N2O3/c1-12(2)5-4-8-17-15(20)18-9-6-16(7-10-18)11-13(16)14(19)21-3/h5,13H,4,6-11H2,1-3H3,(H,17,20). The molecular formula is C16H26N2O3. The van der Waals surface area contributed by atoms with Gasteiger partial charge in [-0.1, -0.05) is 11.6 Å². The molecule has 0 aromatic carbocycles. The molecule has 0 radical (unpaired) electrons. The quantitative estimate of drug-likeness (QED) is 0.492. The molecule has 2 amide bonds. The lowest BCUT2D eigenvalue weighted by Crippen LogP contribution is -2.45. The summed E-state index contributed by atoms with van der Waals surface area (Å²) in [5.74, 6) is -0.0278. The summed E-state index contributed by atoms with van der Waals surface area (Å²) < 4.78 is 4.82. The molecular weight excluding hydrogens is 268 g/mol. The summed E-state index contributed by atoms with van der Waals surface area (Å²) in [6, 6.07) is 0.0160. The smallest absolute Gasteiger partial charge is 0.317 e. The van der Waals surface area contributed by atoms with Crippen LogP contribution in [0.5, 0.6) is 0 Å². The first-order valence-electron chi connectivity index (χ1n) is 7.72. The number of esters is 1. The van der Waals surface area contributed by atoms with Crippen molar-refractivity contribution in [2.75, 3.05) is 26.7 Å². The van der Waals surface area contributed by atoms with Crippen molar-refractivity contribution in [3.05, 3.63) is 11.6 Å². The van der Waals surface area contributed by atoms with Crippen LogP contribution >= 0.6 is 0 Å². The summed E-state index contributed by atoms with van der Waals surface area (Å²) in [4.78, 5) is 25.5. The molecule has 1 aliphatic heterocycles. The van der Waals surface area contributed by atoms with E-state index in [9.17, 15) is 9.59 Å². The van der Waals surface area contributed by atoms with Crippen molar-refractivity contribution in [2.45, 2.75) is 39.5 Å². The highest BCUT2D eigenvalue weighted by Gasteiger charge is 2.59. The Morgan fingerprint density at radius 2 is 2.00 bits per heavy atom. The fourth-order valence-electron chi connectivity index (χ4n) is 3.18. The molecule has 5 heteroatoms. The van der Waals surface area contributed by atoms with Gasteiger partial charge >= 0.3 is 12.0 Å². The zero-order valence-corrected chi connectivity index (χ0v) is 13.3. The lowest BCUT2D eigenvalue weighted by Gasteiger charge is -2.32. The minimum Gasteiger partial charge on any atom is -0.469 e. The molecule has 1 N–H and O–H groups in total. The van der Waals surface area contributed by atoms with E-state index in [4.69, 9.17) is 4.74 Å². The topological polar surface area (TPSA) is 58.6 Å². The van der Waals surface area contributed by atoms with Gasteiger partial charge in [0.15, 0.2) is 0 Å². The van der Waals surface area contributed by atoms with Crippen LogP contribution in [0.4, 0.5) is 4.79 Å². The molecule has 0 aromatic heterocycles. The molecule has 1 unspecified atom stereocenters. The number of carbonyl (C=O) groups excluding carboxylic acids is 2. The van der Waals surface area contributed by atoms with E-state index in [0.717, 1.165) is 38.8 Å². The Morgan fingerprint density at radius 3 is 2.57 bits per heavy atom. The number of ether oxygens (including phenoxy) is 1. The van der Waals surface area contributed by atoms with E-state index in [1.807, 2.05) is 4.90 Å². The number of nitrogens with zero attached hydrogens (tertiary/aromatic N) is 1. The number of amides is 2. The number of carbonyl (C=O) groups is 2. The van der Waals surface area contributed by atoms with E-state index < -0.39 is 0 Å². The second-order valence-electron chi connectivity index (χ2n) is 6.43. The van der Waals surface area contributed by atoms with E-state index in [1.54, 1.807) is 0 Å². The SMILES string of the molecule is COC(=O)C1CC12CCN(C(=O)NCCC=C(C)C)CC2. The lowest BCUT2D eigenvalue weighted by molar-refractivity contribution is -0.143. The molecule has 0 aromatic rings. The highest BCUT2D eigenvalue weighted by Crippen LogP contribution is 2.59. The van der Waals surface area contributed by atoms with Crippen molar-refractivity contribution in [1.29, 1.82) is 0 Å². The minimum atomic E-state index is -0.0883. The molecule has 1 heterocycles. The number of likely N-dealkylation sites (tertiary alicyclic amines) is 1. The molecule has 21 heavy (non-hydrogen) atoms. The average molecular weight is 294 g/mol. The zero-order valence-electron chi connectivity index (χ0n) is 13.3. The van der Waals surface area contributed by atoms with Crippen molar-refractivity contribution in [2.24, 2.45) is 11.3 Å². The molecule has 2 fully saturated rings. The van der Waals surface area contributed by atoms with Crippen LogP contribution in [0.3, 0.4) is 0 Å². The van der Waals surface area contributed by atoms with Crippen molar-refractivity contribution in [3.63, 3.8) is 0 Å². The van der Waals surface area contributed by atoms with Gasteiger partial charge in [0.05, 0.1) is 13.0 Å². The van der Waals surface area contributed by atoms with Crippen molar-refractivity contribution in [3.8, 4) is 0 Å². The van der Waals surface area contributed by atoms with Crippen LogP contribution in [0.25, 0.3) is 0 Å². The van der Waals surface area contributed by atoms with Crippen LogP contribution < -0.4 is 5.32 Å². The molecule has 1 saturated carbocycles. The Labute approximate surface area is 126 Å². The maximum absolute atomic E-state index is 12.0. The molecule has 1 atom stereocenters. The first-order valence-corrected chi connectivity index (χ1v) is 7.72. The van der Waals surface area contributed by atoms with E-state index in [0.29, 0.717) is 6.54 Å². The number of methoxy groups -OCH3 is 1. The number of hydrogen-bond donors (Lipinski definition) is 1. The fourth-order valence-corrected chi connectivity index (χ4v) is 3.18. The van der Waals surface area contributed by atoms with Crippen LogP contribution in [-0.2, 0) is 9.53 Å². The van der Waals surface area contributed by atoms with Crippen LogP contribution in [-0.4, -0.2) is 43.6 Å². The first kappa shape index (κ1) is 15.9. The third kappa shape index (κ3) is 3.77. The Hall–Kier alpha value is -1.52. The average Bonchev–Trinajstić information content (AvgIpc) is 3.17. The van der Waals surface area contributed by atoms with Crippen LogP contribution in [0.2, 0.25) is 0 Å². The van der Waals surface area contributed by atoms with Gasteiger partial charge in [-0.05, 0) is 44.9 Å². The van der Waals surface area contributed by atoms with Crippen molar-refractivity contribution < 1.29 is 14.3 Å². The van der Waals surface area contributed by atoms with Gasteiger partial charge < -0.3 is 15.0 Å². The second-order valence-corrected chi connectivity index (χ2v) is 6.43. The van der Waals surface area contributed by atoms with Crippen molar-refractivity contribution >= 4 is 12.0 Å². The van der Waals surface area contributed by atoms with E-state index in [2.05, 4.69) is 25.2 Å². The van der Waals surface area contributed by atoms with Gasteiger partial charge in [0, 0.05) is 19.6 Å². The van der Waals surface area contributed by atoms with Crippen LogP contribution in [0.15, 0.2) is 11.6 Å². The molecule has 2 rings (SSSR count). The molecule has 118 valence electrons. The predicted octanol–water partition coefficient (Wildman–Crippen LogP) is 2.33. The molecule has 1 aliphatic carbocycles. The minimum absolute atomic E-state index is 0.0160. The maximum atomic E-state index is 12.0. The summed E-state index contributed by atoms with van der Waals surface area (Å²) in [5, 5.41) is 2.95. The van der Waals surface area contributed by atoms with Gasteiger partial charge in [-0.3, -0.25) is 4.79 Å². The molecule has 2 aliphatic rings. The Bertz CT molecular complexity index is 433. The molecule has 1 spiro atoms. The Kier molecular flexibility index (Phi) is 4.91. The number of nitrogens with one attached hydrogen (secondary N) is 1. The van der Waals surface area contributed by atoms with Gasteiger partial charge in [0.2, 0.25) is 0 Å². The second kappa shape index (κ2) is 6.50. The largest absolute Gasteiger partial charge is 0.469 e. The highest BCUT2D eigenvalue weighted by atomic mass is 16.5. The molecule has 5 nitrogen and oxygen atoms in total. The summed E-state index contributed by atoms with van der Waals surface area (Å²) in [6.45, 7) is 6.26. The van der Waals surface area contributed by atoms with Gasteiger partial charge in [-0.15, -0.1) is 0 Å². The number of hydrogen-bond acceptors (Lipinski definition) is 3. The number of urea groups is 1. The third-order valence-electron chi connectivity index (χ3n) is 4.70. The number of piperidine rings is 1. The summed E-state index contributed by atoms with van der Waals surface area (Å²) in [6.07, 6.45) is 5.74. The highest BCUT2D eigenvalue weighted by molar-refractivity contribution is 5.77. The maximum Gasteiger partial charge on any atom is 0.317 e. The third-order valence-corrected chi connectivity index (χ3v) is 4.70. The number of rotatable bonds is 4. The summed E-state index contributed by atoms with van der Waals surface area (Å²) in [7, 11) is 1.45. The predicted molar refractivity (Wildman–Crippen MR) is 80.8 cm³/mol. The van der Waals surface area contributed by atoms with Gasteiger partial charge in [-0.2, -0.15) is 0 Å². The van der Waals surface area contributed by atoms with Gasteiger partial charge in [-0.25, -0.2) is 4.79 Å². The monoisotopic (exact) mass is 294 g/mol. The van der Waals surface area contributed by atoms with E-state index in [1.165, 1.54) is 12.7 Å². The van der Waals surface area contributed by atoms with E-state index in [-0.39, 0.29) is 23.3 Å². The first-order chi connectivity index (χ1) is 9.98. The zero-order chi connectivity index (χ0) is 15.5. The van der Waals surface area contributed by atoms with Crippen LogP contribution in [0.1, 0.15) is 39.5 Å². The Balaban J connectivity index is 1.71. The van der Waals surface area contributed by atoms with Crippen molar-refractivity contribution in [1.82, 2.24) is 10.2 Å². The Morgan fingerprint density at radius 1 is 1.33 bits per heavy atom.